The molecule has 104 valence electrons. The summed E-state index contributed by atoms with van der Waals surface area (Å²) < 4.78 is 5.87. The SMILES string of the molecule is CCNC(=O)CCNC1C2CCCOC2C1(C)C. The Bertz CT molecular complexity index is 304. The molecule has 0 bridgehead atoms. The first-order chi connectivity index (χ1) is 8.57. The van der Waals surface area contributed by atoms with Gasteiger partial charge in [0.2, 0.25) is 5.91 Å². The van der Waals surface area contributed by atoms with E-state index in [-0.39, 0.29) is 11.3 Å². The molecule has 0 radical (unpaired) electrons. The molecule has 2 aliphatic rings. The van der Waals surface area contributed by atoms with E-state index >= 15 is 0 Å². The topological polar surface area (TPSA) is 50.4 Å². The highest BCUT2D eigenvalue weighted by molar-refractivity contribution is 5.75. The lowest BCUT2D eigenvalue weighted by molar-refractivity contribution is -0.192. The first-order valence-corrected chi connectivity index (χ1v) is 7.19. The highest BCUT2D eigenvalue weighted by Gasteiger charge is 2.57. The summed E-state index contributed by atoms with van der Waals surface area (Å²) in [6, 6.07) is 0.497. The minimum Gasteiger partial charge on any atom is -0.377 e. The first kappa shape index (κ1) is 13.8. The van der Waals surface area contributed by atoms with Crippen molar-refractivity contribution in [2.75, 3.05) is 19.7 Å². The number of carbonyl (C=O) groups is 1. The van der Waals surface area contributed by atoms with Crippen LogP contribution in [0.15, 0.2) is 0 Å². The van der Waals surface area contributed by atoms with Gasteiger partial charge in [-0.1, -0.05) is 13.8 Å². The van der Waals surface area contributed by atoms with Gasteiger partial charge in [-0.25, -0.2) is 0 Å². The third kappa shape index (κ3) is 2.54. The summed E-state index contributed by atoms with van der Waals surface area (Å²) in [7, 11) is 0. The molecule has 0 aromatic carbocycles. The van der Waals surface area contributed by atoms with Crippen LogP contribution in [0, 0.1) is 11.3 Å². The molecule has 1 heterocycles. The van der Waals surface area contributed by atoms with Gasteiger partial charge in [0.1, 0.15) is 0 Å². The maximum Gasteiger partial charge on any atom is 0.221 e. The number of hydrogen-bond donors (Lipinski definition) is 2. The number of ether oxygens (including phenoxy) is 1. The summed E-state index contributed by atoms with van der Waals surface area (Å²) in [6.07, 6.45) is 3.41. The number of hydrogen-bond acceptors (Lipinski definition) is 3. The number of fused-ring (bicyclic) bond motifs is 1. The van der Waals surface area contributed by atoms with E-state index < -0.39 is 0 Å². The van der Waals surface area contributed by atoms with E-state index in [0.717, 1.165) is 13.2 Å². The zero-order valence-corrected chi connectivity index (χ0v) is 11.8. The van der Waals surface area contributed by atoms with E-state index in [9.17, 15) is 4.79 Å². The van der Waals surface area contributed by atoms with Crippen molar-refractivity contribution in [3.05, 3.63) is 0 Å². The Labute approximate surface area is 110 Å². The first-order valence-electron chi connectivity index (χ1n) is 7.19. The van der Waals surface area contributed by atoms with Crippen LogP contribution in [0.2, 0.25) is 0 Å². The molecule has 1 aliphatic heterocycles. The average Bonchev–Trinajstić information content (AvgIpc) is 2.35. The van der Waals surface area contributed by atoms with Crippen molar-refractivity contribution in [3.8, 4) is 0 Å². The molecular weight excluding hydrogens is 228 g/mol. The standard InChI is InChI=1S/C14H26N2O2/c1-4-15-11(17)7-8-16-12-10-6-5-9-18-13(10)14(12,2)3/h10,12-13,16H,4-9H2,1-3H3,(H,15,17). The van der Waals surface area contributed by atoms with Gasteiger partial charge in [-0.05, 0) is 19.8 Å². The molecule has 4 nitrogen and oxygen atoms in total. The Kier molecular flexibility index (Phi) is 4.28. The van der Waals surface area contributed by atoms with Crippen LogP contribution in [-0.4, -0.2) is 37.7 Å². The predicted octanol–water partition coefficient (Wildman–Crippen LogP) is 1.31. The molecule has 18 heavy (non-hydrogen) atoms. The normalized spacial score (nSPS) is 33.4. The van der Waals surface area contributed by atoms with Gasteiger partial charge in [0.25, 0.3) is 0 Å². The van der Waals surface area contributed by atoms with E-state index in [2.05, 4.69) is 24.5 Å². The van der Waals surface area contributed by atoms with Crippen LogP contribution in [0.3, 0.4) is 0 Å². The van der Waals surface area contributed by atoms with Gasteiger partial charge in [0.15, 0.2) is 0 Å². The van der Waals surface area contributed by atoms with Crippen LogP contribution >= 0.6 is 0 Å². The fourth-order valence-corrected chi connectivity index (χ4v) is 3.56. The number of amides is 1. The lowest BCUT2D eigenvalue weighted by atomic mass is 9.55. The smallest absolute Gasteiger partial charge is 0.221 e. The molecule has 4 heteroatoms. The highest BCUT2D eigenvalue weighted by Crippen LogP contribution is 2.51. The summed E-state index contributed by atoms with van der Waals surface area (Å²) in [6.45, 7) is 8.88. The number of nitrogens with one attached hydrogen (secondary N) is 2. The van der Waals surface area contributed by atoms with Crippen molar-refractivity contribution >= 4 is 5.91 Å². The second-order valence-corrected chi connectivity index (χ2v) is 6.05. The summed E-state index contributed by atoms with van der Waals surface area (Å²) in [5.74, 6) is 0.779. The van der Waals surface area contributed by atoms with Crippen molar-refractivity contribution in [2.24, 2.45) is 11.3 Å². The highest BCUT2D eigenvalue weighted by atomic mass is 16.5. The lowest BCUT2D eigenvalue weighted by Crippen LogP contribution is -2.69. The zero-order valence-electron chi connectivity index (χ0n) is 11.8. The predicted molar refractivity (Wildman–Crippen MR) is 71.3 cm³/mol. The van der Waals surface area contributed by atoms with Crippen molar-refractivity contribution in [1.29, 1.82) is 0 Å². The average molecular weight is 254 g/mol. The largest absolute Gasteiger partial charge is 0.377 e. The summed E-state index contributed by atoms with van der Waals surface area (Å²) in [5.41, 5.74) is 0.201. The molecule has 2 rings (SSSR count). The fraction of sp³-hybridized carbons (Fsp3) is 0.929. The molecule has 3 atom stereocenters. The van der Waals surface area contributed by atoms with Gasteiger partial charge in [-0.15, -0.1) is 0 Å². The quantitative estimate of drug-likeness (QED) is 0.777. The van der Waals surface area contributed by atoms with Crippen molar-refractivity contribution in [2.45, 2.75) is 52.2 Å². The van der Waals surface area contributed by atoms with Gasteiger partial charge < -0.3 is 15.4 Å². The Morgan fingerprint density at radius 3 is 2.94 bits per heavy atom. The Morgan fingerprint density at radius 1 is 1.44 bits per heavy atom. The third-order valence-corrected chi connectivity index (χ3v) is 4.42. The van der Waals surface area contributed by atoms with Crippen molar-refractivity contribution in [3.63, 3.8) is 0 Å². The van der Waals surface area contributed by atoms with Gasteiger partial charge in [-0.3, -0.25) is 4.79 Å². The van der Waals surface area contributed by atoms with Gasteiger partial charge in [0.05, 0.1) is 6.10 Å². The molecule has 0 aromatic heterocycles. The van der Waals surface area contributed by atoms with Crippen LogP contribution < -0.4 is 10.6 Å². The molecular formula is C14H26N2O2. The van der Waals surface area contributed by atoms with Crippen molar-refractivity contribution < 1.29 is 9.53 Å². The van der Waals surface area contributed by atoms with E-state index in [0.29, 0.717) is 31.0 Å². The molecule has 0 spiro atoms. The van der Waals surface area contributed by atoms with Crippen LogP contribution in [0.5, 0.6) is 0 Å². The zero-order chi connectivity index (χ0) is 13.2. The molecule has 1 saturated heterocycles. The van der Waals surface area contributed by atoms with E-state index in [1.807, 2.05) is 6.92 Å². The molecule has 2 fully saturated rings. The van der Waals surface area contributed by atoms with Crippen LogP contribution in [0.1, 0.15) is 40.0 Å². The molecule has 1 aliphatic carbocycles. The van der Waals surface area contributed by atoms with E-state index in [1.165, 1.54) is 12.8 Å². The third-order valence-electron chi connectivity index (χ3n) is 4.42. The van der Waals surface area contributed by atoms with Gasteiger partial charge in [0, 0.05) is 43.5 Å². The number of carbonyl (C=O) groups excluding carboxylic acids is 1. The Hall–Kier alpha value is -0.610. The molecule has 3 unspecified atom stereocenters. The maximum atomic E-state index is 11.4. The Balaban J connectivity index is 1.77. The molecule has 1 amide bonds. The van der Waals surface area contributed by atoms with Crippen molar-refractivity contribution in [1.82, 2.24) is 10.6 Å². The monoisotopic (exact) mass is 254 g/mol. The summed E-state index contributed by atoms with van der Waals surface area (Å²) in [4.78, 5) is 11.4. The van der Waals surface area contributed by atoms with Gasteiger partial charge in [-0.2, -0.15) is 0 Å². The second kappa shape index (κ2) is 5.57. The van der Waals surface area contributed by atoms with E-state index in [4.69, 9.17) is 4.74 Å². The van der Waals surface area contributed by atoms with Crippen LogP contribution in [-0.2, 0) is 9.53 Å². The van der Waals surface area contributed by atoms with Gasteiger partial charge >= 0.3 is 0 Å². The van der Waals surface area contributed by atoms with Crippen LogP contribution in [0.25, 0.3) is 0 Å². The fourth-order valence-electron chi connectivity index (χ4n) is 3.56. The maximum absolute atomic E-state index is 11.4. The summed E-state index contributed by atoms with van der Waals surface area (Å²) >= 11 is 0. The minimum atomic E-state index is 0.138. The molecule has 2 N–H and O–H groups in total. The van der Waals surface area contributed by atoms with E-state index in [1.54, 1.807) is 0 Å². The lowest BCUT2D eigenvalue weighted by Gasteiger charge is -2.60. The molecule has 0 aromatic rings. The summed E-state index contributed by atoms with van der Waals surface area (Å²) in [5, 5.41) is 6.39. The second-order valence-electron chi connectivity index (χ2n) is 6.05. The Morgan fingerprint density at radius 2 is 2.22 bits per heavy atom. The number of rotatable bonds is 5. The molecule has 1 saturated carbocycles. The van der Waals surface area contributed by atoms with Crippen LogP contribution in [0.4, 0.5) is 0 Å². The minimum absolute atomic E-state index is 0.138.